The molecule has 0 saturated heterocycles. The van der Waals surface area contributed by atoms with E-state index in [-0.39, 0.29) is 11.7 Å². The number of fused-ring (bicyclic) bond motifs is 1. The Morgan fingerprint density at radius 2 is 1.84 bits per heavy atom. The summed E-state index contributed by atoms with van der Waals surface area (Å²) in [5.41, 5.74) is 1.51. The van der Waals surface area contributed by atoms with Crippen molar-refractivity contribution >= 4 is 22.7 Å². The molecule has 0 aliphatic heterocycles. The summed E-state index contributed by atoms with van der Waals surface area (Å²) in [6.45, 7) is 5.12. The van der Waals surface area contributed by atoms with Gasteiger partial charge in [0, 0.05) is 18.7 Å². The van der Waals surface area contributed by atoms with Crippen molar-refractivity contribution in [1.82, 2.24) is 19.7 Å². The van der Waals surface area contributed by atoms with Gasteiger partial charge in [-0.3, -0.25) is 9.36 Å². The lowest BCUT2D eigenvalue weighted by Gasteiger charge is -2.13. The van der Waals surface area contributed by atoms with Crippen LogP contribution in [0.5, 0.6) is 0 Å². The third-order valence-electron chi connectivity index (χ3n) is 4.62. The Hall–Kier alpha value is -2.97. The van der Waals surface area contributed by atoms with Crippen LogP contribution in [0.15, 0.2) is 69.1 Å². The molecule has 7 nitrogen and oxygen atoms in total. The van der Waals surface area contributed by atoms with E-state index < -0.39 is 0 Å². The lowest BCUT2D eigenvalue weighted by atomic mass is 10.2. The first kappa shape index (κ1) is 21.3. The molecule has 8 heteroatoms. The zero-order valence-electron chi connectivity index (χ0n) is 17.5. The van der Waals surface area contributed by atoms with Crippen LogP contribution in [-0.2, 0) is 17.0 Å². The van der Waals surface area contributed by atoms with E-state index in [1.807, 2.05) is 68.4 Å². The second-order valence-corrected chi connectivity index (χ2v) is 8.25. The maximum atomic E-state index is 13.1. The molecular formula is C23H24N4O3S. The fourth-order valence-corrected chi connectivity index (χ4v) is 4.00. The van der Waals surface area contributed by atoms with E-state index in [2.05, 4.69) is 10.1 Å². The predicted octanol–water partition coefficient (Wildman–Crippen LogP) is 4.55. The van der Waals surface area contributed by atoms with Gasteiger partial charge < -0.3 is 9.26 Å². The van der Waals surface area contributed by atoms with Gasteiger partial charge in [0.1, 0.15) is 0 Å². The number of thioether (sulfide) groups is 1. The van der Waals surface area contributed by atoms with Crippen molar-refractivity contribution in [2.75, 3.05) is 6.61 Å². The highest BCUT2D eigenvalue weighted by atomic mass is 32.2. The second-order valence-electron chi connectivity index (χ2n) is 7.31. The molecule has 4 aromatic rings. The molecular weight excluding hydrogens is 412 g/mol. The minimum absolute atomic E-state index is 0.0456. The van der Waals surface area contributed by atoms with E-state index in [1.54, 1.807) is 4.57 Å². The normalized spacial score (nSPS) is 11.5. The van der Waals surface area contributed by atoms with E-state index in [9.17, 15) is 4.79 Å². The molecule has 0 N–H and O–H groups in total. The summed E-state index contributed by atoms with van der Waals surface area (Å²) in [6, 6.07) is 17.0. The predicted molar refractivity (Wildman–Crippen MR) is 121 cm³/mol. The standard InChI is InChI=1S/C23H24N4O3S/c1-16(2)29-14-8-13-27-22(28)18-11-6-7-12-19(18)24-23(27)31-15-20-25-21(30-26-20)17-9-4-3-5-10-17/h3-7,9-12,16H,8,13-15H2,1-2H3. The summed E-state index contributed by atoms with van der Waals surface area (Å²) < 4.78 is 12.7. The first-order chi connectivity index (χ1) is 15.1. The van der Waals surface area contributed by atoms with Crippen LogP contribution in [0.2, 0.25) is 0 Å². The lowest BCUT2D eigenvalue weighted by Crippen LogP contribution is -2.24. The van der Waals surface area contributed by atoms with Gasteiger partial charge in [-0.2, -0.15) is 4.98 Å². The van der Waals surface area contributed by atoms with E-state index in [1.165, 1.54) is 11.8 Å². The molecule has 0 radical (unpaired) electrons. The van der Waals surface area contributed by atoms with Gasteiger partial charge in [0.15, 0.2) is 11.0 Å². The van der Waals surface area contributed by atoms with Crippen molar-refractivity contribution in [1.29, 1.82) is 0 Å². The number of hydrogen-bond acceptors (Lipinski definition) is 7. The Bertz CT molecular complexity index is 1200. The summed E-state index contributed by atoms with van der Waals surface area (Å²) >= 11 is 1.43. The molecule has 2 aromatic carbocycles. The highest BCUT2D eigenvalue weighted by Gasteiger charge is 2.14. The van der Waals surface area contributed by atoms with Gasteiger partial charge in [-0.25, -0.2) is 4.98 Å². The first-order valence-electron chi connectivity index (χ1n) is 10.2. The average Bonchev–Trinajstić information content (AvgIpc) is 3.26. The molecule has 0 aliphatic rings. The molecule has 0 spiro atoms. The number of aromatic nitrogens is 4. The van der Waals surface area contributed by atoms with Gasteiger partial charge in [-0.1, -0.05) is 47.3 Å². The molecule has 0 saturated carbocycles. The number of rotatable bonds is 9. The van der Waals surface area contributed by atoms with Gasteiger partial charge in [0.2, 0.25) is 0 Å². The molecule has 2 aromatic heterocycles. The van der Waals surface area contributed by atoms with Crippen LogP contribution in [0.4, 0.5) is 0 Å². The topological polar surface area (TPSA) is 83.0 Å². The third kappa shape index (κ3) is 5.21. The van der Waals surface area contributed by atoms with Gasteiger partial charge in [-0.05, 0) is 44.5 Å². The Morgan fingerprint density at radius 3 is 2.65 bits per heavy atom. The van der Waals surface area contributed by atoms with Gasteiger partial charge in [0.25, 0.3) is 11.4 Å². The third-order valence-corrected chi connectivity index (χ3v) is 5.60. The molecule has 0 unspecified atom stereocenters. The van der Waals surface area contributed by atoms with Crippen LogP contribution in [0, 0.1) is 0 Å². The molecule has 2 heterocycles. The maximum absolute atomic E-state index is 13.1. The molecule has 0 fully saturated rings. The second kappa shape index (κ2) is 9.89. The minimum atomic E-state index is -0.0456. The van der Waals surface area contributed by atoms with E-state index >= 15 is 0 Å². The molecule has 0 bridgehead atoms. The highest BCUT2D eigenvalue weighted by Crippen LogP contribution is 2.23. The Labute approximate surface area is 184 Å². The molecule has 0 amide bonds. The number of benzene rings is 2. The Balaban J connectivity index is 1.55. The monoisotopic (exact) mass is 436 g/mol. The number of hydrogen-bond donors (Lipinski definition) is 0. The van der Waals surface area contributed by atoms with Crippen LogP contribution in [0.1, 0.15) is 26.1 Å². The van der Waals surface area contributed by atoms with E-state index in [4.69, 9.17) is 14.2 Å². The molecule has 4 rings (SSSR count). The van der Waals surface area contributed by atoms with Crippen LogP contribution in [0.3, 0.4) is 0 Å². The van der Waals surface area contributed by atoms with Gasteiger partial charge in [-0.15, -0.1) is 0 Å². The maximum Gasteiger partial charge on any atom is 0.262 e. The van der Waals surface area contributed by atoms with Gasteiger partial charge >= 0.3 is 0 Å². The number of ether oxygens (including phenoxy) is 1. The van der Waals surface area contributed by atoms with Crippen molar-refractivity contribution in [3.05, 3.63) is 70.8 Å². The summed E-state index contributed by atoms with van der Waals surface area (Å²) in [4.78, 5) is 22.3. The lowest BCUT2D eigenvalue weighted by molar-refractivity contribution is 0.0743. The number of para-hydroxylation sites is 1. The quantitative estimate of drug-likeness (QED) is 0.216. The van der Waals surface area contributed by atoms with Crippen LogP contribution >= 0.6 is 11.8 Å². The molecule has 0 atom stereocenters. The van der Waals surface area contributed by atoms with Crippen molar-refractivity contribution in [3.8, 4) is 11.5 Å². The average molecular weight is 437 g/mol. The van der Waals surface area contributed by atoms with Crippen LogP contribution in [0.25, 0.3) is 22.4 Å². The summed E-state index contributed by atoms with van der Waals surface area (Å²) in [5.74, 6) is 1.48. The summed E-state index contributed by atoms with van der Waals surface area (Å²) in [5, 5.41) is 5.33. The largest absolute Gasteiger partial charge is 0.379 e. The molecule has 160 valence electrons. The zero-order valence-corrected chi connectivity index (χ0v) is 18.3. The Morgan fingerprint density at radius 1 is 1.06 bits per heavy atom. The summed E-state index contributed by atoms with van der Waals surface area (Å²) in [7, 11) is 0. The Kier molecular flexibility index (Phi) is 6.79. The minimum Gasteiger partial charge on any atom is -0.379 e. The van der Waals surface area contributed by atoms with Crippen LogP contribution in [-0.4, -0.2) is 32.4 Å². The van der Waals surface area contributed by atoms with Gasteiger partial charge in [0.05, 0.1) is 22.8 Å². The first-order valence-corrected chi connectivity index (χ1v) is 11.2. The SMILES string of the molecule is CC(C)OCCCn1c(SCc2noc(-c3ccccc3)n2)nc2ccccc2c1=O. The van der Waals surface area contributed by atoms with Crippen LogP contribution < -0.4 is 5.56 Å². The smallest absolute Gasteiger partial charge is 0.262 e. The fraction of sp³-hybridized carbons (Fsp3) is 0.304. The van der Waals surface area contributed by atoms with Crippen molar-refractivity contribution in [3.63, 3.8) is 0 Å². The highest BCUT2D eigenvalue weighted by molar-refractivity contribution is 7.98. The van der Waals surface area contributed by atoms with E-state index in [0.717, 1.165) is 12.0 Å². The fourth-order valence-electron chi connectivity index (χ4n) is 3.14. The van der Waals surface area contributed by atoms with Crippen molar-refractivity contribution in [2.45, 2.75) is 43.8 Å². The van der Waals surface area contributed by atoms with Crippen molar-refractivity contribution in [2.24, 2.45) is 0 Å². The zero-order chi connectivity index (χ0) is 21.6. The van der Waals surface area contributed by atoms with E-state index in [0.29, 0.717) is 46.7 Å². The van der Waals surface area contributed by atoms with Crippen molar-refractivity contribution < 1.29 is 9.26 Å². The molecule has 31 heavy (non-hydrogen) atoms. The summed E-state index contributed by atoms with van der Waals surface area (Å²) in [6.07, 6.45) is 0.892. The number of nitrogens with zero attached hydrogens (tertiary/aromatic N) is 4. The molecule has 0 aliphatic carbocycles.